The molecule has 0 saturated heterocycles. The molecule has 0 aliphatic rings. The lowest BCUT2D eigenvalue weighted by atomic mass is 10.3. The van der Waals surface area contributed by atoms with E-state index in [-0.39, 0.29) is 24.0 Å². The van der Waals surface area contributed by atoms with E-state index < -0.39 is 0 Å². The minimum Gasteiger partial charge on any atom is -0.352 e. The van der Waals surface area contributed by atoms with Crippen molar-refractivity contribution in [2.75, 3.05) is 7.05 Å². The van der Waals surface area contributed by atoms with Gasteiger partial charge in [0.15, 0.2) is 5.96 Å². The second-order valence-electron chi connectivity index (χ2n) is 5.54. The molecule has 27 heavy (non-hydrogen) atoms. The third-order valence-electron chi connectivity index (χ3n) is 3.66. The molecule has 0 spiro atoms. The van der Waals surface area contributed by atoms with Gasteiger partial charge >= 0.3 is 0 Å². The zero-order valence-electron chi connectivity index (χ0n) is 14.6. The number of hydrogen-bond donors (Lipinski definition) is 2. The van der Waals surface area contributed by atoms with Crippen LogP contribution >= 0.6 is 47.2 Å². The van der Waals surface area contributed by atoms with Crippen molar-refractivity contribution in [3.05, 3.63) is 76.3 Å². The molecular weight excluding hydrogens is 498 g/mol. The van der Waals surface area contributed by atoms with Crippen LogP contribution < -0.4 is 10.6 Å². The van der Waals surface area contributed by atoms with Crippen molar-refractivity contribution in [1.29, 1.82) is 0 Å². The Labute approximate surface area is 185 Å². The number of halogens is 3. The lowest BCUT2D eigenvalue weighted by molar-refractivity contribution is 0.806. The molecule has 142 valence electrons. The number of benzene rings is 1. The fourth-order valence-corrected chi connectivity index (χ4v) is 2.53. The molecule has 6 nitrogen and oxygen atoms in total. The van der Waals surface area contributed by atoms with Gasteiger partial charge in [-0.2, -0.15) is 5.10 Å². The smallest absolute Gasteiger partial charge is 0.191 e. The third-order valence-corrected chi connectivity index (χ3v) is 4.13. The highest BCUT2D eigenvalue weighted by Crippen LogP contribution is 2.13. The van der Waals surface area contributed by atoms with E-state index in [1.807, 2.05) is 47.4 Å². The van der Waals surface area contributed by atoms with Gasteiger partial charge in [-0.3, -0.25) is 4.99 Å². The predicted molar refractivity (Wildman–Crippen MR) is 120 cm³/mol. The summed E-state index contributed by atoms with van der Waals surface area (Å²) in [4.78, 5) is 8.28. The standard InChI is InChI=1S/C18H18Cl2N6.HI/c1-21-18(23-9-13-2-7-17(20)22-8-13)24-10-14-11-25-26(12-14)16-5-3-15(19)4-6-16;/h2-8,11-12H,9-10H2,1H3,(H2,21,23,24);1H. The van der Waals surface area contributed by atoms with E-state index in [9.17, 15) is 0 Å². The van der Waals surface area contributed by atoms with Crippen LogP contribution in [0.3, 0.4) is 0 Å². The van der Waals surface area contributed by atoms with Crippen molar-refractivity contribution in [2.45, 2.75) is 13.1 Å². The summed E-state index contributed by atoms with van der Waals surface area (Å²) >= 11 is 11.7. The number of hydrogen-bond acceptors (Lipinski definition) is 3. The monoisotopic (exact) mass is 516 g/mol. The first-order chi connectivity index (χ1) is 12.6. The number of pyridine rings is 1. The van der Waals surface area contributed by atoms with Crippen molar-refractivity contribution in [3.8, 4) is 5.69 Å². The molecule has 3 rings (SSSR count). The molecule has 1 aromatic carbocycles. The van der Waals surface area contributed by atoms with Gasteiger partial charge in [0, 0.05) is 43.1 Å². The summed E-state index contributed by atoms with van der Waals surface area (Å²) < 4.78 is 1.81. The van der Waals surface area contributed by atoms with Crippen molar-refractivity contribution >= 4 is 53.1 Å². The van der Waals surface area contributed by atoms with E-state index in [1.54, 1.807) is 19.3 Å². The first-order valence-electron chi connectivity index (χ1n) is 7.98. The Hall–Kier alpha value is -1.84. The Morgan fingerprint density at radius 1 is 1.00 bits per heavy atom. The van der Waals surface area contributed by atoms with Crippen LogP contribution in [0.4, 0.5) is 0 Å². The largest absolute Gasteiger partial charge is 0.352 e. The SMILES string of the molecule is CN=C(NCc1ccc(Cl)nc1)NCc1cnn(-c2ccc(Cl)cc2)c1.I. The zero-order chi connectivity index (χ0) is 18.4. The van der Waals surface area contributed by atoms with E-state index in [0.717, 1.165) is 16.8 Å². The normalized spacial score (nSPS) is 11.0. The fourth-order valence-electron chi connectivity index (χ4n) is 2.29. The lowest BCUT2D eigenvalue weighted by Crippen LogP contribution is -2.36. The van der Waals surface area contributed by atoms with Gasteiger partial charge in [-0.25, -0.2) is 9.67 Å². The van der Waals surface area contributed by atoms with Crippen LogP contribution in [0, 0.1) is 0 Å². The molecule has 9 heteroatoms. The predicted octanol–water partition coefficient (Wildman–Crippen LogP) is 4.06. The second-order valence-corrected chi connectivity index (χ2v) is 6.36. The summed E-state index contributed by atoms with van der Waals surface area (Å²) in [6, 6.07) is 11.2. The number of rotatable bonds is 5. The molecule has 0 aliphatic heterocycles. The first-order valence-corrected chi connectivity index (χ1v) is 8.74. The van der Waals surface area contributed by atoms with Crippen LogP contribution in [-0.2, 0) is 13.1 Å². The Morgan fingerprint density at radius 3 is 2.33 bits per heavy atom. The molecule has 0 aliphatic carbocycles. The molecular formula is C18H19Cl2IN6. The van der Waals surface area contributed by atoms with Gasteiger partial charge in [0.25, 0.3) is 0 Å². The van der Waals surface area contributed by atoms with E-state index in [2.05, 4.69) is 25.7 Å². The van der Waals surface area contributed by atoms with Gasteiger partial charge in [-0.1, -0.05) is 29.3 Å². The molecule has 2 N–H and O–H groups in total. The van der Waals surface area contributed by atoms with Gasteiger partial charge < -0.3 is 10.6 Å². The maximum atomic E-state index is 5.92. The van der Waals surface area contributed by atoms with Crippen molar-refractivity contribution < 1.29 is 0 Å². The average molecular weight is 517 g/mol. The highest BCUT2D eigenvalue weighted by Gasteiger charge is 2.03. The Bertz CT molecular complexity index is 878. The van der Waals surface area contributed by atoms with E-state index >= 15 is 0 Å². The highest BCUT2D eigenvalue weighted by molar-refractivity contribution is 14.0. The first kappa shape index (κ1) is 21.5. The number of guanidine groups is 1. The maximum Gasteiger partial charge on any atom is 0.191 e. The molecule has 0 amide bonds. The van der Waals surface area contributed by atoms with Gasteiger partial charge in [0.2, 0.25) is 0 Å². The van der Waals surface area contributed by atoms with Gasteiger partial charge in [-0.05, 0) is 35.9 Å². The quantitative estimate of drug-likeness (QED) is 0.232. The molecule has 0 saturated carbocycles. The summed E-state index contributed by atoms with van der Waals surface area (Å²) in [5, 5.41) is 12.1. The Kier molecular flexibility index (Phi) is 8.33. The molecule has 2 aromatic heterocycles. The van der Waals surface area contributed by atoms with Crippen molar-refractivity contribution in [3.63, 3.8) is 0 Å². The molecule has 0 atom stereocenters. The van der Waals surface area contributed by atoms with Crippen LogP contribution in [0.5, 0.6) is 0 Å². The zero-order valence-corrected chi connectivity index (χ0v) is 18.4. The molecule has 3 aromatic rings. The van der Waals surface area contributed by atoms with Crippen LogP contribution in [0.25, 0.3) is 5.69 Å². The molecule has 0 unspecified atom stereocenters. The highest BCUT2D eigenvalue weighted by atomic mass is 127. The number of aromatic nitrogens is 3. The van der Waals surface area contributed by atoms with E-state index in [4.69, 9.17) is 23.2 Å². The summed E-state index contributed by atoms with van der Waals surface area (Å²) in [5.74, 6) is 0.694. The minimum atomic E-state index is 0. The number of nitrogens with one attached hydrogen (secondary N) is 2. The van der Waals surface area contributed by atoms with Crippen molar-refractivity contribution in [1.82, 2.24) is 25.4 Å². The molecule has 2 heterocycles. The maximum absolute atomic E-state index is 5.92. The van der Waals surface area contributed by atoms with Crippen LogP contribution in [0.2, 0.25) is 10.2 Å². The van der Waals surface area contributed by atoms with E-state index in [1.165, 1.54) is 0 Å². The lowest BCUT2D eigenvalue weighted by Gasteiger charge is -2.11. The molecule has 0 fully saturated rings. The number of aliphatic imine (C=N–C) groups is 1. The summed E-state index contributed by atoms with van der Waals surface area (Å²) in [6.07, 6.45) is 5.52. The minimum absolute atomic E-state index is 0. The van der Waals surface area contributed by atoms with Crippen LogP contribution in [-0.4, -0.2) is 27.8 Å². The van der Waals surface area contributed by atoms with Gasteiger partial charge in [0.05, 0.1) is 11.9 Å². The summed E-state index contributed by atoms with van der Waals surface area (Å²) in [5.41, 5.74) is 3.02. The third kappa shape index (κ3) is 6.37. The fraction of sp³-hybridized carbons (Fsp3) is 0.167. The number of nitrogens with zero attached hydrogens (tertiary/aromatic N) is 4. The van der Waals surface area contributed by atoms with Crippen LogP contribution in [0.1, 0.15) is 11.1 Å². The van der Waals surface area contributed by atoms with Gasteiger partial charge in [0.1, 0.15) is 5.15 Å². The molecule has 0 radical (unpaired) electrons. The average Bonchev–Trinajstić information content (AvgIpc) is 3.13. The summed E-state index contributed by atoms with van der Waals surface area (Å²) in [6.45, 7) is 1.21. The van der Waals surface area contributed by atoms with Crippen LogP contribution in [0.15, 0.2) is 60.0 Å². The van der Waals surface area contributed by atoms with E-state index in [0.29, 0.717) is 29.2 Å². The molecule has 0 bridgehead atoms. The topological polar surface area (TPSA) is 67.1 Å². The van der Waals surface area contributed by atoms with Crippen molar-refractivity contribution in [2.24, 2.45) is 4.99 Å². The Morgan fingerprint density at radius 2 is 1.70 bits per heavy atom. The van der Waals surface area contributed by atoms with Gasteiger partial charge in [-0.15, -0.1) is 24.0 Å². The summed E-state index contributed by atoms with van der Waals surface area (Å²) in [7, 11) is 1.73. The Balaban J connectivity index is 0.00000261. The second kappa shape index (κ2) is 10.5.